The second-order valence-corrected chi connectivity index (χ2v) is 6.89. The molecule has 0 radical (unpaired) electrons. The number of amides is 1. The Bertz CT molecular complexity index is 1020. The molecule has 1 aromatic heterocycles. The highest BCUT2D eigenvalue weighted by atomic mass is 32.1. The third-order valence-corrected chi connectivity index (χ3v) is 5.10. The Balaban J connectivity index is 1.99. The number of nitro groups is 1. The summed E-state index contributed by atoms with van der Waals surface area (Å²) in [6, 6.07) is 6.39. The van der Waals surface area contributed by atoms with E-state index < -0.39 is 10.8 Å². The maximum Gasteiger partial charge on any atom is 0.286 e. The molecule has 0 aliphatic carbocycles. The van der Waals surface area contributed by atoms with Gasteiger partial charge < -0.3 is 9.47 Å². The summed E-state index contributed by atoms with van der Waals surface area (Å²) >= 11 is 1.31. The van der Waals surface area contributed by atoms with Crippen molar-refractivity contribution in [1.82, 2.24) is 4.98 Å². The number of nitrogens with zero attached hydrogens (tertiary/aromatic N) is 2. The van der Waals surface area contributed by atoms with Crippen LogP contribution in [0.3, 0.4) is 0 Å². The number of carbonyl (C=O) groups is 1. The number of methoxy groups -OCH3 is 2. The van der Waals surface area contributed by atoms with Gasteiger partial charge in [0.05, 0.1) is 35.4 Å². The van der Waals surface area contributed by atoms with Gasteiger partial charge in [0.25, 0.3) is 11.6 Å². The van der Waals surface area contributed by atoms with Crippen LogP contribution in [-0.2, 0) is 0 Å². The number of ether oxygens (including phenoxy) is 2. The van der Waals surface area contributed by atoms with Crippen molar-refractivity contribution < 1.29 is 19.2 Å². The number of carbonyl (C=O) groups excluding carboxylic acids is 1. The third kappa shape index (κ3) is 3.54. The number of anilines is 1. The predicted molar refractivity (Wildman–Crippen MR) is 103 cm³/mol. The highest BCUT2D eigenvalue weighted by molar-refractivity contribution is 7.22. The normalized spacial score (nSPS) is 10.7. The van der Waals surface area contributed by atoms with Crippen LogP contribution in [0.15, 0.2) is 24.3 Å². The average Bonchev–Trinajstić information content (AvgIpc) is 3.01. The molecular weight excluding hydrogens is 370 g/mol. The van der Waals surface area contributed by atoms with Gasteiger partial charge in [-0.3, -0.25) is 20.2 Å². The maximum atomic E-state index is 12.7. The molecule has 0 spiro atoms. The van der Waals surface area contributed by atoms with Crippen molar-refractivity contribution in [3.63, 3.8) is 0 Å². The van der Waals surface area contributed by atoms with E-state index in [4.69, 9.17) is 9.47 Å². The molecule has 0 unspecified atom stereocenters. The number of rotatable bonds is 5. The van der Waals surface area contributed by atoms with Crippen LogP contribution in [0.25, 0.3) is 10.2 Å². The first-order chi connectivity index (χ1) is 12.8. The molecule has 2 aromatic carbocycles. The average molecular weight is 387 g/mol. The zero-order valence-corrected chi connectivity index (χ0v) is 16.0. The van der Waals surface area contributed by atoms with Gasteiger partial charge in [0, 0.05) is 6.07 Å². The van der Waals surface area contributed by atoms with Gasteiger partial charge in [-0.05, 0) is 37.1 Å². The van der Waals surface area contributed by atoms with Gasteiger partial charge in [-0.2, -0.15) is 0 Å². The largest absolute Gasteiger partial charge is 0.493 e. The monoisotopic (exact) mass is 387 g/mol. The fourth-order valence-electron chi connectivity index (χ4n) is 2.60. The smallest absolute Gasteiger partial charge is 0.286 e. The summed E-state index contributed by atoms with van der Waals surface area (Å²) < 4.78 is 11.1. The van der Waals surface area contributed by atoms with Crippen LogP contribution < -0.4 is 14.8 Å². The number of aryl methyl sites for hydroxylation is 2. The summed E-state index contributed by atoms with van der Waals surface area (Å²) in [5, 5.41) is 14.4. The van der Waals surface area contributed by atoms with Gasteiger partial charge >= 0.3 is 0 Å². The molecule has 0 bridgehead atoms. The van der Waals surface area contributed by atoms with Crippen LogP contribution in [-0.4, -0.2) is 30.0 Å². The summed E-state index contributed by atoms with van der Waals surface area (Å²) in [6.45, 7) is 3.99. The zero-order chi connectivity index (χ0) is 19.7. The lowest BCUT2D eigenvalue weighted by molar-refractivity contribution is -0.385. The molecular formula is C18H17N3O5S. The topological polar surface area (TPSA) is 104 Å². The Morgan fingerprint density at radius 1 is 1.11 bits per heavy atom. The van der Waals surface area contributed by atoms with E-state index in [0.717, 1.165) is 21.3 Å². The molecule has 0 saturated carbocycles. The predicted octanol–water partition coefficient (Wildman–Crippen LogP) is 4.09. The first-order valence-electron chi connectivity index (χ1n) is 7.93. The van der Waals surface area contributed by atoms with E-state index in [1.165, 1.54) is 37.7 Å². The zero-order valence-electron chi connectivity index (χ0n) is 15.2. The number of nitro benzene ring substituents is 1. The number of aromatic nitrogens is 1. The Kier molecular flexibility index (Phi) is 4.95. The van der Waals surface area contributed by atoms with Crippen LogP contribution in [0.2, 0.25) is 0 Å². The minimum Gasteiger partial charge on any atom is -0.493 e. The highest BCUT2D eigenvalue weighted by Gasteiger charge is 2.25. The Morgan fingerprint density at radius 3 is 2.37 bits per heavy atom. The van der Waals surface area contributed by atoms with E-state index >= 15 is 0 Å². The summed E-state index contributed by atoms with van der Waals surface area (Å²) in [7, 11) is 2.76. The molecule has 9 heteroatoms. The van der Waals surface area contributed by atoms with Gasteiger partial charge in [0.1, 0.15) is 5.56 Å². The van der Waals surface area contributed by atoms with Gasteiger partial charge in [0.15, 0.2) is 16.6 Å². The van der Waals surface area contributed by atoms with E-state index in [0.29, 0.717) is 5.13 Å². The van der Waals surface area contributed by atoms with Crippen LogP contribution >= 0.6 is 11.3 Å². The first kappa shape index (κ1) is 18.6. The van der Waals surface area contributed by atoms with Crippen LogP contribution in [0.5, 0.6) is 11.5 Å². The molecule has 0 atom stereocenters. The number of thiazole rings is 1. The van der Waals surface area contributed by atoms with Crippen molar-refractivity contribution >= 4 is 38.3 Å². The second-order valence-electron chi connectivity index (χ2n) is 5.86. The van der Waals surface area contributed by atoms with Crippen molar-refractivity contribution in [3.05, 3.63) is 51.1 Å². The fourth-order valence-corrected chi connectivity index (χ4v) is 3.54. The van der Waals surface area contributed by atoms with Crippen LogP contribution in [0, 0.1) is 24.0 Å². The second kappa shape index (κ2) is 7.20. The van der Waals surface area contributed by atoms with Crippen molar-refractivity contribution in [2.45, 2.75) is 13.8 Å². The Hall–Kier alpha value is -3.20. The van der Waals surface area contributed by atoms with Crippen molar-refractivity contribution in [3.8, 4) is 11.5 Å². The summed E-state index contributed by atoms with van der Waals surface area (Å²) in [5.74, 6) is -0.245. The van der Waals surface area contributed by atoms with E-state index in [9.17, 15) is 14.9 Å². The van der Waals surface area contributed by atoms with Crippen molar-refractivity contribution in [2.75, 3.05) is 19.5 Å². The molecule has 0 aliphatic rings. The van der Waals surface area contributed by atoms with Gasteiger partial charge in [0.2, 0.25) is 0 Å². The highest BCUT2D eigenvalue weighted by Crippen LogP contribution is 2.35. The molecule has 1 amide bonds. The van der Waals surface area contributed by atoms with E-state index in [-0.39, 0.29) is 22.7 Å². The van der Waals surface area contributed by atoms with Gasteiger partial charge in [-0.1, -0.05) is 11.3 Å². The Morgan fingerprint density at radius 2 is 1.74 bits per heavy atom. The van der Waals surface area contributed by atoms with Crippen molar-refractivity contribution in [1.29, 1.82) is 0 Å². The molecule has 1 N–H and O–H groups in total. The summed E-state index contributed by atoms with van der Waals surface area (Å²) in [4.78, 5) is 27.8. The van der Waals surface area contributed by atoms with E-state index in [2.05, 4.69) is 10.3 Å². The van der Waals surface area contributed by atoms with Crippen LogP contribution in [0.1, 0.15) is 21.5 Å². The minimum absolute atomic E-state index is 0.135. The lowest BCUT2D eigenvalue weighted by Gasteiger charge is -2.10. The molecule has 3 aromatic rings. The van der Waals surface area contributed by atoms with Gasteiger partial charge in [-0.15, -0.1) is 0 Å². The lowest BCUT2D eigenvalue weighted by Crippen LogP contribution is -2.14. The number of hydrogen-bond acceptors (Lipinski definition) is 7. The number of fused-ring (bicyclic) bond motifs is 1. The molecule has 140 valence electrons. The summed E-state index contributed by atoms with van der Waals surface area (Å²) in [6.07, 6.45) is 0. The quantitative estimate of drug-likeness (QED) is 0.522. The third-order valence-electron chi connectivity index (χ3n) is 4.17. The van der Waals surface area contributed by atoms with Crippen LogP contribution in [0.4, 0.5) is 10.8 Å². The molecule has 27 heavy (non-hydrogen) atoms. The first-order valence-corrected chi connectivity index (χ1v) is 8.75. The molecule has 1 heterocycles. The molecule has 0 fully saturated rings. The number of hydrogen-bond donors (Lipinski definition) is 1. The maximum absolute atomic E-state index is 12.7. The summed E-state index contributed by atoms with van der Waals surface area (Å²) in [5.41, 5.74) is 2.48. The van der Waals surface area contributed by atoms with Crippen molar-refractivity contribution in [2.24, 2.45) is 0 Å². The molecule has 0 saturated heterocycles. The molecule has 3 rings (SSSR count). The Labute approximate surface area is 158 Å². The fraction of sp³-hybridized carbons (Fsp3) is 0.222. The standard InChI is InChI=1S/C18H17N3O5S/c1-9-5-12-16(6-10(9)2)27-18(19-12)20-17(22)11-7-14(25-3)15(26-4)8-13(11)21(23)24/h5-8H,1-4H3,(H,19,20,22). The lowest BCUT2D eigenvalue weighted by atomic mass is 10.1. The molecule has 8 nitrogen and oxygen atoms in total. The number of benzene rings is 2. The number of nitrogens with one attached hydrogen (secondary N) is 1. The van der Waals surface area contributed by atoms with E-state index in [1.54, 1.807) is 0 Å². The van der Waals surface area contributed by atoms with E-state index in [1.807, 2.05) is 26.0 Å². The SMILES string of the molecule is COc1cc(C(=O)Nc2nc3cc(C)c(C)cc3s2)c([N+](=O)[O-])cc1OC. The van der Waals surface area contributed by atoms with Gasteiger partial charge in [-0.25, -0.2) is 4.98 Å². The molecule has 0 aliphatic heterocycles. The minimum atomic E-state index is -0.643.